The topological polar surface area (TPSA) is 102 Å². The molecule has 2 aromatic rings. The van der Waals surface area contributed by atoms with Crippen molar-refractivity contribution >= 4 is 45.0 Å². The van der Waals surface area contributed by atoms with E-state index in [1.54, 1.807) is 0 Å². The number of carbonyl (C=O) groups excluding carboxylic acids is 1. The number of nitrogen functional groups attached to an aromatic ring is 1. The maximum atomic E-state index is 14.2. The lowest BCUT2D eigenvalue weighted by Crippen LogP contribution is -2.15. The molecule has 7 nitrogen and oxygen atoms in total. The van der Waals surface area contributed by atoms with Crippen LogP contribution in [0.4, 0.5) is 19.5 Å². The zero-order chi connectivity index (χ0) is 21.4. The molecule has 0 aliphatic heterocycles. The molecule has 0 saturated carbocycles. The number of allylic oxidation sites excluding steroid dienone is 5. The number of hydrogen-bond donors (Lipinski definition) is 3. The second-order valence-corrected chi connectivity index (χ2v) is 7.47. The van der Waals surface area contributed by atoms with E-state index in [-0.39, 0.29) is 21.3 Å². The normalized spacial score (nSPS) is 12.5. The van der Waals surface area contributed by atoms with Crippen LogP contribution in [0.1, 0.15) is 28.8 Å². The molecule has 0 aromatic carbocycles. The summed E-state index contributed by atoms with van der Waals surface area (Å²) in [6, 6.07) is 0. The Morgan fingerprint density at radius 1 is 1.45 bits per heavy atom. The lowest BCUT2D eigenvalue weighted by Gasteiger charge is -2.07. The Morgan fingerprint density at radius 3 is 2.86 bits per heavy atom. The minimum absolute atomic E-state index is 0.0299. The average Bonchev–Trinajstić information content (AvgIpc) is 3.25. The number of nitrogens with zero attached hydrogens (tertiary/aromatic N) is 2. The van der Waals surface area contributed by atoms with Gasteiger partial charge in [0.15, 0.2) is 5.69 Å². The van der Waals surface area contributed by atoms with Crippen LogP contribution >= 0.6 is 22.9 Å². The number of carbonyl (C=O) groups is 1. The van der Waals surface area contributed by atoms with Crippen molar-refractivity contribution in [1.82, 2.24) is 14.7 Å². The van der Waals surface area contributed by atoms with Crippen LogP contribution in [0, 0.1) is 0 Å². The van der Waals surface area contributed by atoms with Crippen molar-refractivity contribution in [2.24, 2.45) is 0 Å². The van der Waals surface area contributed by atoms with Crippen molar-refractivity contribution in [1.29, 1.82) is 0 Å². The summed E-state index contributed by atoms with van der Waals surface area (Å²) in [6.07, 6.45) is 4.42. The number of anilines is 2. The molecule has 0 fully saturated rings. The van der Waals surface area contributed by atoms with E-state index in [9.17, 15) is 13.6 Å². The van der Waals surface area contributed by atoms with Crippen LogP contribution in [-0.2, 0) is 0 Å². The molecule has 0 spiro atoms. The van der Waals surface area contributed by atoms with E-state index in [0.717, 1.165) is 48.8 Å². The molecule has 0 unspecified atom stereocenters. The van der Waals surface area contributed by atoms with E-state index in [0.29, 0.717) is 17.4 Å². The molecule has 156 valence electrons. The average molecular weight is 442 g/mol. The van der Waals surface area contributed by atoms with Crippen molar-refractivity contribution in [3.8, 4) is 5.06 Å². The fraction of sp³-hybridized carbons (Fsp3) is 0.278. The number of amides is 1. The van der Waals surface area contributed by atoms with Crippen LogP contribution in [0.25, 0.3) is 5.57 Å². The van der Waals surface area contributed by atoms with Gasteiger partial charge in [-0.25, -0.2) is 13.8 Å². The number of nitrogens with two attached hydrogens (primary N) is 1. The van der Waals surface area contributed by atoms with Crippen molar-refractivity contribution in [3.05, 3.63) is 47.3 Å². The Morgan fingerprint density at radius 2 is 2.21 bits per heavy atom. The third kappa shape index (κ3) is 5.92. The lowest BCUT2D eigenvalue weighted by atomic mass is 10.2. The summed E-state index contributed by atoms with van der Waals surface area (Å²) in [7, 11) is 1.84. The summed E-state index contributed by atoms with van der Waals surface area (Å²) in [6.45, 7) is 5.72. The monoisotopic (exact) mass is 441 g/mol. The van der Waals surface area contributed by atoms with Gasteiger partial charge in [0, 0.05) is 11.5 Å². The predicted octanol–water partition coefficient (Wildman–Crippen LogP) is 4.16. The van der Waals surface area contributed by atoms with Crippen LogP contribution in [0.5, 0.6) is 5.06 Å². The van der Waals surface area contributed by atoms with Gasteiger partial charge in [-0.2, -0.15) is 4.37 Å². The first-order valence-electron chi connectivity index (χ1n) is 8.54. The Bertz CT molecular complexity index is 933. The van der Waals surface area contributed by atoms with Gasteiger partial charge < -0.3 is 21.1 Å². The highest BCUT2D eigenvalue weighted by Crippen LogP contribution is 2.35. The molecule has 0 aliphatic carbocycles. The summed E-state index contributed by atoms with van der Waals surface area (Å²) < 4.78 is 37.6. The van der Waals surface area contributed by atoms with E-state index in [1.807, 2.05) is 7.05 Å². The Hall–Kier alpha value is -2.63. The van der Waals surface area contributed by atoms with E-state index < -0.39 is 17.6 Å². The van der Waals surface area contributed by atoms with Gasteiger partial charge in [0.05, 0.1) is 18.4 Å². The fourth-order valence-electron chi connectivity index (χ4n) is 2.21. The highest BCUT2D eigenvalue weighted by atomic mass is 32.1. The van der Waals surface area contributed by atoms with Gasteiger partial charge in [-0.3, -0.25) is 4.79 Å². The molecule has 4 N–H and O–H groups in total. The molecule has 0 radical (unpaired) electrons. The third-order valence-electron chi connectivity index (χ3n) is 3.52. The standard InChI is InChI=1S/C18H21F2N5O2S2/c1-4-6-11(20)13(10(2)19)17-25-14(15(21)28-17)16(26)24-12-9-23-29-18(12)27-8-5-7-22-3/h4,6,9,22H,1,5,7-8,21H2,2-3H3,(H,24,26)/b11-6+,13-10-. The molecule has 0 atom stereocenters. The number of aromatic nitrogens is 2. The molecule has 2 heterocycles. The van der Waals surface area contributed by atoms with Gasteiger partial charge in [-0.05, 0) is 33.0 Å². The van der Waals surface area contributed by atoms with Crippen molar-refractivity contribution in [2.45, 2.75) is 13.3 Å². The first kappa shape index (κ1) is 22.7. The molecule has 1 amide bonds. The second kappa shape index (κ2) is 10.8. The smallest absolute Gasteiger partial charge is 0.277 e. The number of ether oxygens (including phenoxy) is 1. The maximum Gasteiger partial charge on any atom is 0.277 e. The van der Waals surface area contributed by atoms with Crippen LogP contribution in [0.3, 0.4) is 0 Å². The molecular weight excluding hydrogens is 420 g/mol. The number of nitrogens with one attached hydrogen (secondary N) is 2. The highest BCUT2D eigenvalue weighted by Gasteiger charge is 2.23. The number of halogens is 2. The summed E-state index contributed by atoms with van der Waals surface area (Å²) in [4.78, 5) is 16.6. The molecule has 0 bridgehead atoms. The largest absolute Gasteiger partial charge is 0.481 e. The molecule has 11 heteroatoms. The Labute approximate surface area is 175 Å². The number of rotatable bonds is 10. The number of hydrogen-bond acceptors (Lipinski definition) is 8. The summed E-state index contributed by atoms with van der Waals surface area (Å²) in [5.74, 6) is -2.28. The quantitative estimate of drug-likeness (QED) is 0.378. The first-order chi connectivity index (χ1) is 13.9. The Balaban J connectivity index is 2.20. The summed E-state index contributed by atoms with van der Waals surface area (Å²) in [5, 5.41) is 6.06. The van der Waals surface area contributed by atoms with Gasteiger partial charge in [0.2, 0.25) is 5.06 Å². The maximum absolute atomic E-state index is 14.2. The molecule has 0 saturated heterocycles. The fourth-order valence-corrected chi connectivity index (χ4v) is 3.73. The first-order valence-corrected chi connectivity index (χ1v) is 10.1. The van der Waals surface area contributed by atoms with E-state index in [1.165, 1.54) is 12.3 Å². The number of thiazole rings is 1. The Kier molecular flexibility index (Phi) is 8.43. The van der Waals surface area contributed by atoms with Gasteiger partial charge in [0.25, 0.3) is 5.91 Å². The second-order valence-electron chi connectivity index (χ2n) is 5.68. The lowest BCUT2D eigenvalue weighted by molar-refractivity contribution is 0.102. The van der Waals surface area contributed by atoms with E-state index >= 15 is 0 Å². The van der Waals surface area contributed by atoms with Crippen molar-refractivity contribution in [3.63, 3.8) is 0 Å². The van der Waals surface area contributed by atoms with Crippen molar-refractivity contribution in [2.75, 3.05) is 31.2 Å². The molecule has 29 heavy (non-hydrogen) atoms. The van der Waals surface area contributed by atoms with Crippen LogP contribution in [0.2, 0.25) is 0 Å². The summed E-state index contributed by atoms with van der Waals surface area (Å²) >= 11 is 1.90. The SMILES string of the molecule is C=C/C=C(F)\C(=C(/C)F)c1nc(C(=O)Nc2cnsc2OCCCNC)c(N)s1. The minimum atomic E-state index is -0.861. The molecule has 0 aliphatic rings. The molecule has 2 rings (SSSR count). The summed E-state index contributed by atoms with van der Waals surface area (Å²) in [5.41, 5.74) is 5.74. The van der Waals surface area contributed by atoms with Gasteiger partial charge in [0.1, 0.15) is 27.3 Å². The minimum Gasteiger partial charge on any atom is -0.481 e. The molecule has 2 aromatic heterocycles. The zero-order valence-electron chi connectivity index (χ0n) is 15.9. The van der Waals surface area contributed by atoms with Gasteiger partial charge in [-0.15, -0.1) is 0 Å². The predicted molar refractivity (Wildman–Crippen MR) is 114 cm³/mol. The van der Waals surface area contributed by atoms with Crippen LogP contribution < -0.4 is 21.1 Å². The van der Waals surface area contributed by atoms with E-state index in [4.69, 9.17) is 10.5 Å². The zero-order valence-corrected chi connectivity index (χ0v) is 17.6. The van der Waals surface area contributed by atoms with E-state index in [2.05, 4.69) is 26.6 Å². The van der Waals surface area contributed by atoms with Crippen molar-refractivity contribution < 1.29 is 18.3 Å². The van der Waals surface area contributed by atoms with Gasteiger partial charge >= 0.3 is 0 Å². The highest BCUT2D eigenvalue weighted by molar-refractivity contribution is 7.17. The molecular formula is C18H21F2N5O2S2. The van der Waals surface area contributed by atoms with Crippen LogP contribution in [-0.4, -0.2) is 35.5 Å². The third-order valence-corrected chi connectivity index (χ3v) is 5.14. The van der Waals surface area contributed by atoms with Crippen LogP contribution in [0.15, 0.2) is 36.6 Å². The van der Waals surface area contributed by atoms with Gasteiger partial charge in [-0.1, -0.05) is 24.0 Å².